The quantitative estimate of drug-likeness (QED) is 0.548. The van der Waals surface area contributed by atoms with Gasteiger partial charge in [0.15, 0.2) is 0 Å². The molecule has 1 unspecified atom stereocenters. The summed E-state index contributed by atoms with van der Waals surface area (Å²) in [6.45, 7) is 6.17. The van der Waals surface area contributed by atoms with Crippen LogP contribution in [0.2, 0.25) is 0 Å². The van der Waals surface area contributed by atoms with Crippen molar-refractivity contribution < 1.29 is 13.9 Å². The molecule has 1 aromatic carbocycles. The lowest BCUT2D eigenvalue weighted by Gasteiger charge is -2.38. The Morgan fingerprint density at radius 3 is 2.72 bits per heavy atom. The number of amides is 1. The van der Waals surface area contributed by atoms with Crippen molar-refractivity contribution in [3.05, 3.63) is 38.9 Å². The molecular weight excluding hydrogens is 476 g/mol. The van der Waals surface area contributed by atoms with Crippen LogP contribution in [0.1, 0.15) is 52.3 Å². The lowest BCUT2D eigenvalue weighted by molar-refractivity contribution is 0.0434. The maximum absolute atomic E-state index is 12.7. The molecule has 32 heavy (non-hydrogen) atoms. The van der Waals surface area contributed by atoms with Gasteiger partial charge in [0.2, 0.25) is 5.58 Å². The average molecular weight is 503 g/mol. The predicted molar refractivity (Wildman–Crippen MR) is 125 cm³/mol. The summed E-state index contributed by atoms with van der Waals surface area (Å²) in [5.41, 5.74) is 0.727. The van der Waals surface area contributed by atoms with Crippen LogP contribution in [0.5, 0.6) is 0 Å². The topological polar surface area (TPSA) is 100 Å². The first-order valence-electron chi connectivity index (χ1n) is 11.0. The fourth-order valence-electron chi connectivity index (χ4n) is 5.04. The second-order valence-corrected chi connectivity index (χ2v) is 10.7. The average Bonchev–Trinajstić information content (AvgIpc) is 3.14. The lowest BCUT2D eigenvalue weighted by atomic mass is 9.97. The van der Waals surface area contributed by atoms with Crippen molar-refractivity contribution in [1.82, 2.24) is 20.2 Å². The Morgan fingerprint density at radius 1 is 1.31 bits per heavy atom. The fraction of sp³-hybridized carbons (Fsp3) is 0.522. The molecule has 9 heteroatoms. The molecule has 0 radical (unpaired) electrons. The summed E-state index contributed by atoms with van der Waals surface area (Å²) in [5, 5.41) is 3.86. The van der Waals surface area contributed by atoms with Gasteiger partial charge in [-0.15, -0.1) is 0 Å². The summed E-state index contributed by atoms with van der Waals surface area (Å²) >= 11 is 3.48. The summed E-state index contributed by atoms with van der Waals surface area (Å²) < 4.78 is 12.1. The van der Waals surface area contributed by atoms with Gasteiger partial charge in [-0.25, -0.2) is 9.78 Å². The van der Waals surface area contributed by atoms with Gasteiger partial charge >= 0.3 is 6.09 Å². The van der Waals surface area contributed by atoms with E-state index in [1.807, 2.05) is 39.0 Å². The van der Waals surface area contributed by atoms with E-state index in [9.17, 15) is 9.59 Å². The van der Waals surface area contributed by atoms with Gasteiger partial charge in [-0.1, -0.05) is 15.9 Å². The number of nitrogens with zero attached hydrogens (tertiary/aromatic N) is 2. The summed E-state index contributed by atoms with van der Waals surface area (Å²) in [5.74, 6) is 0.639. The standard InChI is InChI=1S/C23H27BrN4O4/c1-23(2,3)32-22(30)25-13-9-14-5-6-15(10-13)28(14)11-18-26-19-16-8-12(24)4-7-17(16)31-20(19)21(29)27-18/h4,7-8,13-15H,5-6,9-11H2,1-3H3,(H,25,30)(H,26,27,29)/t13?,14-,15+. The number of benzene rings is 1. The molecule has 2 N–H and O–H groups in total. The number of hydrogen-bond donors (Lipinski definition) is 2. The molecule has 2 aliphatic heterocycles. The lowest BCUT2D eigenvalue weighted by Crippen LogP contribution is -2.50. The van der Waals surface area contributed by atoms with Crippen molar-refractivity contribution in [2.75, 3.05) is 0 Å². The fourth-order valence-corrected chi connectivity index (χ4v) is 5.41. The van der Waals surface area contributed by atoms with Crippen molar-refractivity contribution in [1.29, 1.82) is 0 Å². The van der Waals surface area contributed by atoms with Gasteiger partial charge in [0.05, 0.1) is 6.54 Å². The van der Waals surface area contributed by atoms with Crippen LogP contribution in [0.25, 0.3) is 22.1 Å². The second kappa shape index (κ2) is 7.88. The Bertz CT molecular complexity index is 1230. The number of aromatic nitrogens is 2. The highest BCUT2D eigenvalue weighted by molar-refractivity contribution is 9.10. The van der Waals surface area contributed by atoms with Crippen LogP contribution in [0.4, 0.5) is 4.79 Å². The zero-order chi connectivity index (χ0) is 22.6. The minimum atomic E-state index is -0.507. The molecule has 2 fully saturated rings. The van der Waals surface area contributed by atoms with E-state index in [-0.39, 0.29) is 23.3 Å². The molecule has 170 valence electrons. The highest BCUT2D eigenvalue weighted by Crippen LogP contribution is 2.37. The number of carbonyl (C=O) groups is 1. The molecule has 8 nitrogen and oxygen atoms in total. The van der Waals surface area contributed by atoms with E-state index in [1.54, 1.807) is 0 Å². The number of rotatable bonds is 3. The molecule has 0 spiro atoms. The van der Waals surface area contributed by atoms with Crippen LogP contribution in [0.15, 0.2) is 31.9 Å². The zero-order valence-corrected chi connectivity index (χ0v) is 20.0. The van der Waals surface area contributed by atoms with E-state index in [4.69, 9.17) is 14.1 Å². The third-order valence-corrected chi connectivity index (χ3v) is 6.77. The SMILES string of the molecule is CC(C)(C)OC(=O)NC1C[C@H]2CC[C@@H](C1)N2Cc1nc2c(oc3ccc(Br)cc32)c(=O)[nH]1. The van der Waals surface area contributed by atoms with Gasteiger partial charge in [0, 0.05) is 28.0 Å². The Kier molecular flexibility index (Phi) is 5.28. The molecule has 3 atom stereocenters. The Balaban J connectivity index is 1.34. The van der Waals surface area contributed by atoms with Crippen LogP contribution in [0.3, 0.4) is 0 Å². The van der Waals surface area contributed by atoms with Crippen LogP contribution in [-0.4, -0.2) is 44.7 Å². The first-order chi connectivity index (χ1) is 15.2. The second-order valence-electron chi connectivity index (χ2n) is 9.80. The van der Waals surface area contributed by atoms with Crippen molar-refractivity contribution in [2.24, 2.45) is 0 Å². The molecule has 0 saturated carbocycles. The largest absolute Gasteiger partial charge is 0.449 e. The van der Waals surface area contributed by atoms with Gasteiger partial charge in [-0.05, 0) is 64.7 Å². The van der Waals surface area contributed by atoms with Crippen LogP contribution < -0.4 is 10.9 Å². The third kappa shape index (κ3) is 4.15. The number of aromatic amines is 1. The number of H-pyrrole nitrogens is 1. The zero-order valence-electron chi connectivity index (χ0n) is 18.4. The maximum Gasteiger partial charge on any atom is 0.407 e. The van der Waals surface area contributed by atoms with Crippen molar-refractivity contribution in [3.63, 3.8) is 0 Å². The molecule has 2 aliphatic rings. The molecule has 2 bridgehead atoms. The smallest absolute Gasteiger partial charge is 0.407 e. The van der Waals surface area contributed by atoms with Crippen molar-refractivity contribution in [2.45, 2.75) is 76.7 Å². The number of hydrogen-bond acceptors (Lipinski definition) is 6. The number of halogens is 1. The first kappa shape index (κ1) is 21.5. The number of fused-ring (bicyclic) bond motifs is 5. The number of ether oxygens (including phenoxy) is 1. The van der Waals surface area contributed by atoms with Gasteiger partial charge in [-0.2, -0.15) is 0 Å². The summed E-state index contributed by atoms with van der Waals surface area (Å²) in [6, 6.07) is 6.42. The summed E-state index contributed by atoms with van der Waals surface area (Å²) in [4.78, 5) is 35.0. The number of alkyl carbamates (subject to hydrolysis) is 1. The van der Waals surface area contributed by atoms with Crippen molar-refractivity contribution in [3.8, 4) is 0 Å². The normalized spacial score (nSPS) is 23.7. The van der Waals surface area contributed by atoms with E-state index in [1.165, 1.54) is 0 Å². The molecule has 1 amide bonds. The number of piperidine rings is 1. The third-order valence-electron chi connectivity index (χ3n) is 6.27. The number of furan rings is 1. The summed E-state index contributed by atoms with van der Waals surface area (Å²) in [7, 11) is 0. The monoisotopic (exact) mass is 502 g/mol. The van der Waals surface area contributed by atoms with Crippen molar-refractivity contribution >= 4 is 44.1 Å². The molecule has 2 aromatic heterocycles. The molecule has 5 rings (SSSR count). The molecule has 3 aromatic rings. The minimum Gasteiger partial charge on any atom is -0.449 e. The van der Waals surface area contributed by atoms with E-state index < -0.39 is 5.60 Å². The minimum absolute atomic E-state index is 0.100. The van der Waals surface area contributed by atoms with E-state index in [0.717, 1.165) is 35.5 Å². The highest BCUT2D eigenvalue weighted by atomic mass is 79.9. The highest BCUT2D eigenvalue weighted by Gasteiger charge is 2.41. The van der Waals surface area contributed by atoms with E-state index in [2.05, 4.69) is 31.1 Å². The van der Waals surface area contributed by atoms with Gasteiger partial charge in [0.25, 0.3) is 5.56 Å². The van der Waals surface area contributed by atoms with Gasteiger partial charge in [0.1, 0.15) is 22.5 Å². The van der Waals surface area contributed by atoms with Crippen LogP contribution in [0, 0.1) is 0 Å². The Labute approximate surface area is 193 Å². The van der Waals surface area contributed by atoms with Gasteiger partial charge in [-0.3, -0.25) is 9.69 Å². The maximum atomic E-state index is 12.7. The number of carbonyl (C=O) groups excluding carboxylic acids is 1. The summed E-state index contributed by atoms with van der Waals surface area (Å²) in [6.07, 6.45) is 3.52. The van der Waals surface area contributed by atoms with Gasteiger partial charge < -0.3 is 19.5 Å². The van der Waals surface area contributed by atoms with E-state index in [0.29, 0.717) is 35.6 Å². The first-order valence-corrected chi connectivity index (χ1v) is 11.8. The number of nitrogens with one attached hydrogen (secondary N) is 2. The van der Waals surface area contributed by atoms with Crippen LogP contribution >= 0.6 is 15.9 Å². The molecule has 4 heterocycles. The van der Waals surface area contributed by atoms with Crippen LogP contribution in [-0.2, 0) is 11.3 Å². The molecule has 0 aliphatic carbocycles. The predicted octanol–water partition coefficient (Wildman–Crippen LogP) is 4.45. The molecule has 2 saturated heterocycles. The Morgan fingerprint density at radius 2 is 2.03 bits per heavy atom. The Hall–Kier alpha value is -2.39. The molecular formula is C23H27BrN4O4. The van der Waals surface area contributed by atoms with E-state index >= 15 is 0 Å².